The van der Waals surface area contributed by atoms with E-state index in [2.05, 4.69) is 24.9 Å². The molecule has 3 heterocycles. The molecular weight excluding hydrogens is 316 g/mol. The molecule has 3 rings (SSSR count). The molecule has 0 saturated heterocycles. The highest BCUT2D eigenvalue weighted by Gasteiger charge is 2.18. The summed E-state index contributed by atoms with van der Waals surface area (Å²) < 4.78 is 0. The molecule has 0 saturated carbocycles. The molecule has 0 radical (unpaired) electrons. The van der Waals surface area contributed by atoms with Gasteiger partial charge in [-0.2, -0.15) is 0 Å². The van der Waals surface area contributed by atoms with Crippen molar-refractivity contribution < 1.29 is 4.79 Å². The Balaban J connectivity index is 1.82. The highest BCUT2D eigenvalue weighted by atomic mass is 32.1. The van der Waals surface area contributed by atoms with Crippen LogP contribution in [0.3, 0.4) is 0 Å². The maximum absolute atomic E-state index is 12.4. The molecule has 3 aromatic rings. The van der Waals surface area contributed by atoms with Gasteiger partial charge in [-0.3, -0.25) is 9.59 Å². The van der Waals surface area contributed by atoms with Crippen molar-refractivity contribution >= 4 is 17.2 Å². The fourth-order valence-electron chi connectivity index (χ4n) is 2.04. The van der Waals surface area contributed by atoms with E-state index in [1.54, 1.807) is 24.8 Å². The van der Waals surface area contributed by atoms with E-state index in [1.807, 2.05) is 6.92 Å². The minimum Gasteiger partial charge on any atom is -0.347 e. The molecule has 0 aliphatic heterocycles. The lowest BCUT2D eigenvalue weighted by Gasteiger charge is -2.15. The van der Waals surface area contributed by atoms with Gasteiger partial charge in [0.05, 0.1) is 11.6 Å². The first-order valence-electron chi connectivity index (χ1n) is 6.80. The molecule has 9 heteroatoms. The van der Waals surface area contributed by atoms with E-state index in [1.165, 1.54) is 22.4 Å². The van der Waals surface area contributed by atoms with Crippen LogP contribution in [-0.2, 0) is 6.54 Å². The first-order valence-corrected chi connectivity index (χ1v) is 7.68. The van der Waals surface area contributed by atoms with Crippen molar-refractivity contribution in [2.75, 3.05) is 7.05 Å². The highest BCUT2D eigenvalue weighted by molar-refractivity contribution is 7.09. The molecule has 3 aromatic heterocycles. The van der Waals surface area contributed by atoms with Gasteiger partial charge in [-0.25, -0.2) is 15.0 Å². The summed E-state index contributed by atoms with van der Waals surface area (Å²) in [6.07, 6.45) is 4.56. The Morgan fingerprint density at radius 3 is 2.83 bits per heavy atom. The molecule has 0 fully saturated rings. The van der Waals surface area contributed by atoms with Crippen molar-refractivity contribution in [2.45, 2.75) is 13.5 Å². The van der Waals surface area contributed by atoms with E-state index in [0.717, 1.165) is 5.01 Å². The smallest absolute Gasteiger partial charge is 0.264 e. The normalized spacial score (nSPS) is 10.7. The third kappa shape index (κ3) is 3.19. The molecular formula is C14H14N6O2S. The number of H-pyrrole nitrogens is 2. The summed E-state index contributed by atoms with van der Waals surface area (Å²) in [5.74, 6) is 0.570. The average molecular weight is 330 g/mol. The lowest BCUT2D eigenvalue weighted by Crippen LogP contribution is -2.32. The first-order chi connectivity index (χ1) is 11.0. The topological polar surface area (TPSA) is 108 Å². The van der Waals surface area contributed by atoms with Crippen LogP contribution in [0.2, 0.25) is 0 Å². The minimum atomic E-state index is -0.489. The number of hydrogen-bond acceptors (Lipinski definition) is 6. The molecule has 0 spiro atoms. The average Bonchev–Trinajstić information content (AvgIpc) is 3.18. The van der Waals surface area contributed by atoms with Gasteiger partial charge in [0.2, 0.25) is 0 Å². The number of nitrogens with zero attached hydrogens (tertiary/aromatic N) is 4. The Morgan fingerprint density at radius 1 is 1.39 bits per heavy atom. The quantitative estimate of drug-likeness (QED) is 0.747. The molecule has 1 amide bonds. The molecule has 23 heavy (non-hydrogen) atoms. The highest BCUT2D eigenvalue weighted by Crippen LogP contribution is 2.16. The van der Waals surface area contributed by atoms with Gasteiger partial charge in [0.25, 0.3) is 11.5 Å². The summed E-state index contributed by atoms with van der Waals surface area (Å²) in [5, 5.41) is 2.68. The number of aromatic nitrogens is 5. The van der Waals surface area contributed by atoms with Gasteiger partial charge in [-0.1, -0.05) is 0 Å². The SMILES string of the molecule is Cc1nc(-c2ncc(C(=O)N(C)Cc3ncc[nH]3)c(=O)[nH]2)cs1. The summed E-state index contributed by atoms with van der Waals surface area (Å²) >= 11 is 1.46. The number of amides is 1. The molecule has 0 aromatic carbocycles. The second-order valence-corrected chi connectivity index (χ2v) is 5.99. The summed E-state index contributed by atoms with van der Waals surface area (Å²) in [4.78, 5) is 43.9. The molecule has 0 aliphatic rings. The summed E-state index contributed by atoms with van der Waals surface area (Å²) in [5.41, 5.74) is 0.0826. The number of imidazole rings is 1. The van der Waals surface area contributed by atoms with Crippen LogP contribution in [0.4, 0.5) is 0 Å². The van der Waals surface area contributed by atoms with E-state index in [9.17, 15) is 9.59 Å². The number of rotatable bonds is 4. The zero-order valence-corrected chi connectivity index (χ0v) is 13.3. The van der Waals surface area contributed by atoms with Crippen molar-refractivity contribution in [3.63, 3.8) is 0 Å². The van der Waals surface area contributed by atoms with Crippen LogP contribution in [0.5, 0.6) is 0 Å². The lowest BCUT2D eigenvalue weighted by molar-refractivity contribution is 0.0779. The van der Waals surface area contributed by atoms with Crippen LogP contribution in [0.1, 0.15) is 21.2 Å². The Kier molecular flexibility index (Phi) is 4.02. The van der Waals surface area contributed by atoms with Crippen LogP contribution in [0, 0.1) is 6.92 Å². The standard InChI is InChI=1S/C14H14N6O2S/c1-8-18-10(7-23-8)12-17-5-9(13(21)19-12)14(22)20(2)6-11-15-3-4-16-11/h3-5,7H,6H2,1-2H3,(H,15,16)(H,17,19,21). The molecule has 0 aliphatic carbocycles. The Morgan fingerprint density at radius 2 is 2.22 bits per heavy atom. The Bertz CT molecular complexity index is 883. The largest absolute Gasteiger partial charge is 0.347 e. The van der Waals surface area contributed by atoms with E-state index in [0.29, 0.717) is 17.3 Å². The second kappa shape index (κ2) is 6.13. The van der Waals surface area contributed by atoms with Gasteiger partial charge in [-0.15, -0.1) is 11.3 Å². The molecule has 0 bridgehead atoms. The van der Waals surface area contributed by atoms with Crippen LogP contribution in [0.25, 0.3) is 11.5 Å². The summed E-state index contributed by atoms with van der Waals surface area (Å²) in [7, 11) is 1.60. The van der Waals surface area contributed by atoms with Crippen molar-refractivity contribution in [2.24, 2.45) is 0 Å². The molecule has 0 unspecified atom stereocenters. The number of hydrogen-bond donors (Lipinski definition) is 2. The van der Waals surface area contributed by atoms with Crippen molar-refractivity contribution in [3.8, 4) is 11.5 Å². The molecule has 118 valence electrons. The molecule has 0 atom stereocenters. The predicted molar refractivity (Wildman–Crippen MR) is 85.1 cm³/mol. The second-order valence-electron chi connectivity index (χ2n) is 4.92. The van der Waals surface area contributed by atoms with Crippen molar-refractivity contribution in [3.05, 3.63) is 50.7 Å². The zero-order chi connectivity index (χ0) is 16.4. The number of thiazole rings is 1. The summed E-state index contributed by atoms with van der Waals surface area (Å²) in [6, 6.07) is 0. The van der Waals surface area contributed by atoms with E-state index >= 15 is 0 Å². The Hall–Kier alpha value is -2.81. The minimum absolute atomic E-state index is 0.0187. The lowest BCUT2D eigenvalue weighted by atomic mass is 10.3. The monoisotopic (exact) mass is 330 g/mol. The number of aromatic amines is 2. The number of carbonyl (C=O) groups is 1. The fraction of sp³-hybridized carbons (Fsp3) is 0.214. The van der Waals surface area contributed by atoms with Gasteiger partial charge < -0.3 is 14.9 Å². The van der Waals surface area contributed by atoms with Crippen LogP contribution >= 0.6 is 11.3 Å². The van der Waals surface area contributed by atoms with Crippen LogP contribution in [-0.4, -0.2) is 42.8 Å². The molecule has 8 nitrogen and oxygen atoms in total. The Labute approximate surface area is 135 Å². The van der Waals surface area contributed by atoms with Gasteiger partial charge in [0.15, 0.2) is 5.82 Å². The predicted octanol–water partition coefficient (Wildman–Crippen LogP) is 1.20. The fourth-order valence-corrected chi connectivity index (χ4v) is 2.63. The van der Waals surface area contributed by atoms with E-state index < -0.39 is 11.5 Å². The third-order valence-electron chi connectivity index (χ3n) is 3.18. The number of aryl methyl sites for hydroxylation is 1. The van der Waals surface area contributed by atoms with Crippen LogP contribution in [0.15, 0.2) is 28.8 Å². The third-order valence-corrected chi connectivity index (χ3v) is 3.95. The van der Waals surface area contributed by atoms with Gasteiger partial charge in [0, 0.05) is 31.0 Å². The van der Waals surface area contributed by atoms with Gasteiger partial charge >= 0.3 is 0 Å². The maximum Gasteiger partial charge on any atom is 0.264 e. The van der Waals surface area contributed by atoms with Crippen molar-refractivity contribution in [1.29, 1.82) is 0 Å². The van der Waals surface area contributed by atoms with E-state index in [4.69, 9.17) is 0 Å². The zero-order valence-electron chi connectivity index (χ0n) is 12.5. The first kappa shape index (κ1) is 15.1. The van der Waals surface area contributed by atoms with Gasteiger partial charge in [-0.05, 0) is 6.92 Å². The van der Waals surface area contributed by atoms with Crippen molar-refractivity contribution in [1.82, 2.24) is 29.8 Å². The van der Waals surface area contributed by atoms with Crippen LogP contribution < -0.4 is 5.56 Å². The number of carbonyl (C=O) groups excluding carboxylic acids is 1. The maximum atomic E-state index is 12.4. The molecule has 2 N–H and O–H groups in total. The number of nitrogens with one attached hydrogen (secondary N) is 2. The summed E-state index contributed by atoms with van der Waals surface area (Å²) in [6.45, 7) is 2.14. The van der Waals surface area contributed by atoms with Gasteiger partial charge in [0.1, 0.15) is 17.1 Å². The van der Waals surface area contributed by atoms with E-state index in [-0.39, 0.29) is 12.1 Å².